The van der Waals surface area contributed by atoms with Crippen molar-refractivity contribution in [2.75, 3.05) is 20.0 Å². The molecule has 0 heterocycles. The topological polar surface area (TPSA) is 0 Å². The van der Waals surface area contributed by atoms with E-state index in [0.29, 0.717) is 0 Å². The second-order valence-corrected chi connectivity index (χ2v) is 12.4. The van der Waals surface area contributed by atoms with Crippen LogP contribution in [0.15, 0.2) is 11.9 Å². The van der Waals surface area contributed by atoms with Gasteiger partial charge in [0.25, 0.3) is 0 Å². The molecular weight excluding hydrogens is 139 g/mol. The summed E-state index contributed by atoms with van der Waals surface area (Å²) in [5, 5.41) is 1.39. The van der Waals surface area contributed by atoms with Gasteiger partial charge in [-0.15, -0.1) is 0 Å². The van der Waals surface area contributed by atoms with E-state index in [-0.39, 0.29) is 0 Å². The molecule has 62 valence electrons. The summed E-state index contributed by atoms with van der Waals surface area (Å²) in [6, 6.07) is 0. The van der Waals surface area contributed by atoms with E-state index in [1.807, 2.05) is 0 Å². The van der Waals surface area contributed by atoms with Crippen LogP contribution in [-0.2, 0) is 0 Å². The Balaban J connectivity index is 4.77. The molecule has 10 heavy (non-hydrogen) atoms. The molecule has 0 bridgehead atoms. The van der Waals surface area contributed by atoms with Crippen LogP contribution >= 0.6 is 6.60 Å². The van der Waals surface area contributed by atoms with Crippen LogP contribution < -0.4 is 0 Å². The fraction of sp³-hybridized carbons (Fsp3) is 0.778. The van der Waals surface area contributed by atoms with Gasteiger partial charge < -0.3 is 0 Å². The van der Waals surface area contributed by atoms with Gasteiger partial charge in [-0.1, -0.05) is 0 Å². The molecule has 0 spiro atoms. The van der Waals surface area contributed by atoms with Crippen molar-refractivity contribution in [1.82, 2.24) is 0 Å². The molecule has 0 aromatic rings. The summed E-state index contributed by atoms with van der Waals surface area (Å²) in [6.07, 6.45) is 0. The first kappa shape index (κ1) is 10.2. The van der Waals surface area contributed by atoms with Gasteiger partial charge >= 0.3 is 64.9 Å². The Hall–Kier alpha value is 0.170. The summed E-state index contributed by atoms with van der Waals surface area (Å²) in [5.74, 6) is 0. The molecule has 0 saturated heterocycles. The minimum absolute atomic E-state index is 0.767. The van der Waals surface area contributed by atoms with Crippen molar-refractivity contribution in [2.24, 2.45) is 0 Å². The van der Waals surface area contributed by atoms with Gasteiger partial charge in [-0.25, -0.2) is 0 Å². The quantitative estimate of drug-likeness (QED) is 0.543. The van der Waals surface area contributed by atoms with Crippen LogP contribution in [-0.4, -0.2) is 25.7 Å². The third-order valence-corrected chi connectivity index (χ3v) is 9.52. The average molecular weight is 160 g/mol. The fourth-order valence-electron chi connectivity index (χ4n) is 0.441. The first-order chi connectivity index (χ1) is 4.17. The third-order valence-electron chi connectivity index (χ3n) is 3.17. The Kier molecular flexibility index (Phi) is 2.38. The normalized spacial score (nSPS) is 16.5. The summed E-state index contributed by atoms with van der Waals surface area (Å²) in [4.78, 5) is 0. The van der Waals surface area contributed by atoms with Crippen LogP contribution in [0.5, 0.6) is 0 Å². The van der Waals surface area contributed by atoms with Gasteiger partial charge in [-0.05, 0) is 0 Å². The Morgan fingerprint density at radius 2 is 1.50 bits per heavy atom. The zero-order valence-corrected chi connectivity index (χ0v) is 9.13. The van der Waals surface area contributed by atoms with Crippen molar-refractivity contribution in [3.63, 3.8) is 0 Å². The molecular formula is C9H21P. The number of hydrogen-bond donors (Lipinski definition) is 0. The molecule has 0 nitrogen and oxygen atoms in total. The van der Waals surface area contributed by atoms with E-state index in [0.717, 1.165) is 5.66 Å². The molecule has 0 aromatic carbocycles. The molecule has 0 rings (SSSR count). The molecule has 0 unspecified atom stereocenters. The summed E-state index contributed by atoms with van der Waals surface area (Å²) in [7, 11) is 0. The van der Waals surface area contributed by atoms with Gasteiger partial charge in [0.15, 0.2) is 0 Å². The summed E-state index contributed by atoms with van der Waals surface area (Å²) < 4.78 is 0. The predicted molar refractivity (Wildman–Crippen MR) is 54.6 cm³/mol. The van der Waals surface area contributed by atoms with E-state index in [9.17, 15) is 0 Å². The van der Waals surface area contributed by atoms with Crippen molar-refractivity contribution in [2.45, 2.75) is 26.4 Å². The predicted octanol–water partition coefficient (Wildman–Crippen LogP) is 3.37. The molecule has 0 amide bonds. The second-order valence-electron chi connectivity index (χ2n) is 4.75. The molecule has 0 aliphatic carbocycles. The van der Waals surface area contributed by atoms with E-state index in [1.54, 1.807) is 0 Å². The number of hydrogen-bond acceptors (Lipinski definition) is 0. The number of allylic oxidation sites excluding steroid dienone is 1. The van der Waals surface area contributed by atoms with E-state index in [4.69, 9.17) is 0 Å². The van der Waals surface area contributed by atoms with Crippen LogP contribution in [0.1, 0.15) is 20.8 Å². The van der Waals surface area contributed by atoms with E-state index in [1.165, 1.54) is 5.31 Å². The van der Waals surface area contributed by atoms with Crippen molar-refractivity contribution >= 4 is 6.60 Å². The van der Waals surface area contributed by atoms with Crippen molar-refractivity contribution < 1.29 is 0 Å². The zero-order chi connectivity index (χ0) is 8.60. The summed E-state index contributed by atoms with van der Waals surface area (Å²) in [5.41, 5.74) is 0.767. The van der Waals surface area contributed by atoms with Gasteiger partial charge in [0, 0.05) is 0 Å². The van der Waals surface area contributed by atoms with Crippen LogP contribution in [0.2, 0.25) is 0 Å². The molecule has 0 aromatic heterocycles. The van der Waals surface area contributed by atoms with Crippen LogP contribution in [0, 0.1) is 0 Å². The van der Waals surface area contributed by atoms with Gasteiger partial charge in [0.2, 0.25) is 0 Å². The third kappa shape index (κ3) is 1.61. The standard InChI is InChI=1S/C9H21P/c1-8(2)10(5,6,7)9(3)4/h9H,1H2,2-7H3. The summed E-state index contributed by atoms with van der Waals surface area (Å²) >= 11 is 0. The Morgan fingerprint density at radius 3 is 1.50 bits per heavy atom. The average Bonchev–Trinajstić information content (AvgIpc) is 1.63. The van der Waals surface area contributed by atoms with Crippen LogP contribution in [0.25, 0.3) is 0 Å². The SMILES string of the molecule is C=C(C)P(C)(C)(C)C(C)C. The maximum atomic E-state index is 4.08. The first-order valence-electron chi connectivity index (χ1n) is 3.83. The molecule has 0 saturated carbocycles. The molecule has 0 aliphatic heterocycles. The van der Waals surface area contributed by atoms with E-state index < -0.39 is 6.60 Å². The van der Waals surface area contributed by atoms with Gasteiger partial charge in [0.1, 0.15) is 0 Å². The Morgan fingerprint density at radius 1 is 1.20 bits per heavy atom. The van der Waals surface area contributed by atoms with Crippen LogP contribution in [0.4, 0.5) is 0 Å². The Labute approximate surface area is 65.6 Å². The zero-order valence-electron chi connectivity index (χ0n) is 8.23. The second kappa shape index (κ2) is 2.34. The molecule has 0 aliphatic rings. The summed E-state index contributed by atoms with van der Waals surface area (Å²) in [6.45, 7) is 16.5. The number of rotatable bonds is 2. The Bertz CT molecular complexity index is 146. The molecule has 0 radical (unpaired) electrons. The van der Waals surface area contributed by atoms with Gasteiger partial charge in [0.05, 0.1) is 0 Å². The van der Waals surface area contributed by atoms with Crippen LogP contribution in [0.3, 0.4) is 0 Å². The van der Waals surface area contributed by atoms with E-state index in [2.05, 4.69) is 47.3 Å². The monoisotopic (exact) mass is 160 g/mol. The van der Waals surface area contributed by atoms with Crippen molar-refractivity contribution in [3.8, 4) is 0 Å². The van der Waals surface area contributed by atoms with Gasteiger partial charge in [-0.2, -0.15) is 0 Å². The van der Waals surface area contributed by atoms with Crippen molar-refractivity contribution in [1.29, 1.82) is 0 Å². The van der Waals surface area contributed by atoms with Gasteiger partial charge in [-0.3, -0.25) is 0 Å². The van der Waals surface area contributed by atoms with E-state index >= 15 is 0 Å². The molecule has 1 heteroatoms. The fourth-order valence-corrected chi connectivity index (χ4v) is 1.32. The van der Waals surface area contributed by atoms with Crippen molar-refractivity contribution in [3.05, 3.63) is 11.9 Å². The molecule has 0 N–H and O–H groups in total. The minimum atomic E-state index is -1.51. The molecule has 0 fully saturated rings. The maximum absolute atomic E-state index is 4.08. The first-order valence-corrected chi connectivity index (χ1v) is 7.48. The molecule has 0 atom stereocenters.